The minimum atomic E-state index is -0.533. The minimum absolute atomic E-state index is 0. The molecule has 0 aliphatic rings. The van der Waals surface area contributed by atoms with Crippen molar-refractivity contribution in [1.29, 1.82) is 0 Å². The topological polar surface area (TPSA) is 73.4 Å². The van der Waals surface area contributed by atoms with Crippen LogP contribution in [-0.2, 0) is 11.3 Å². The highest BCUT2D eigenvalue weighted by atomic mass is 35.5. The van der Waals surface area contributed by atoms with Gasteiger partial charge in [0.25, 0.3) is 0 Å². The predicted octanol–water partition coefficient (Wildman–Crippen LogP) is 4.19. The normalized spacial score (nSPS) is 9.79. The second-order valence-electron chi connectivity index (χ2n) is 4.41. The van der Waals surface area contributed by atoms with E-state index in [0.29, 0.717) is 10.8 Å². The van der Waals surface area contributed by atoms with Crippen molar-refractivity contribution in [1.82, 2.24) is 9.97 Å². The number of esters is 1. The van der Waals surface area contributed by atoms with Gasteiger partial charge in [0.1, 0.15) is 17.9 Å². The molecule has 0 aliphatic heterocycles. The predicted molar refractivity (Wildman–Crippen MR) is 94.4 cm³/mol. The number of nitrogens with one attached hydrogen (secondary N) is 1. The minimum Gasteiger partial charge on any atom is -0.495 e. The zero-order valence-corrected chi connectivity index (χ0v) is 14.2. The lowest BCUT2D eigenvalue weighted by molar-refractivity contribution is 0.0519. The molecule has 8 heteroatoms. The Labute approximate surface area is 150 Å². The van der Waals surface area contributed by atoms with E-state index in [2.05, 4.69) is 9.97 Å². The molecule has 0 radical (unpaired) electrons. The maximum Gasteiger partial charge on any atom is 0.345 e. The smallest absolute Gasteiger partial charge is 0.345 e. The van der Waals surface area contributed by atoms with Gasteiger partial charge in [-0.05, 0) is 36.8 Å². The van der Waals surface area contributed by atoms with E-state index in [1.807, 2.05) is 6.07 Å². The molecule has 0 unspecified atom stereocenters. The van der Waals surface area contributed by atoms with Crippen LogP contribution in [-0.4, -0.2) is 29.7 Å². The van der Waals surface area contributed by atoms with Crippen molar-refractivity contribution in [2.45, 2.75) is 21.0 Å². The molecule has 0 saturated carbocycles. The number of methoxy groups -OCH3 is 1. The summed E-state index contributed by atoms with van der Waals surface area (Å²) in [6.07, 6.45) is 1.33. The highest BCUT2D eigenvalue weighted by Gasteiger charge is 2.15. The van der Waals surface area contributed by atoms with E-state index < -0.39 is 5.97 Å². The van der Waals surface area contributed by atoms with Crippen LogP contribution in [0, 0.1) is 4.77 Å². The average Bonchev–Trinajstić information content (AvgIpc) is 2.53. The third kappa shape index (κ3) is 4.94. The van der Waals surface area contributed by atoms with Gasteiger partial charge in [0.15, 0.2) is 4.77 Å². The summed E-state index contributed by atoms with van der Waals surface area (Å²) in [6, 6.07) is 5.27. The van der Waals surface area contributed by atoms with E-state index in [-0.39, 0.29) is 36.9 Å². The van der Waals surface area contributed by atoms with Gasteiger partial charge in [-0.3, -0.25) is 0 Å². The number of aromatic amines is 1. The van der Waals surface area contributed by atoms with Crippen LogP contribution < -0.4 is 9.47 Å². The van der Waals surface area contributed by atoms with Crippen LogP contribution in [0.2, 0.25) is 5.02 Å². The third-order valence-corrected chi connectivity index (χ3v) is 3.37. The van der Waals surface area contributed by atoms with Crippen molar-refractivity contribution in [2.75, 3.05) is 13.7 Å². The molecule has 0 amide bonds. The maximum absolute atomic E-state index is 11.9. The van der Waals surface area contributed by atoms with Gasteiger partial charge in [-0.1, -0.05) is 25.1 Å². The van der Waals surface area contributed by atoms with Crippen molar-refractivity contribution in [3.63, 3.8) is 0 Å². The van der Waals surface area contributed by atoms with Gasteiger partial charge in [0.05, 0.1) is 24.9 Å². The van der Waals surface area contributed by atoms with Gasteiger partial charge >= 0.3 is 5.97 Å². The number of rotatable bonds is 6. The van der Waals surface area contributed by atoms with Crippen LogP contribution in [0.25, 0.3) is 0 Å². The summed E-state index contributed by atoms with van der Waals surface area (Å²) in [5, 5.41) is 0.474. The van der Waals surface area contributed by atoms with E-state index >= 15 is 0 Å². The molecule has 0 spiro atoms. The van der Waals surface area contributed by atoms with Crippen molar-refractivity contribution in [2.24, 2.45) is 0 Å². The van der Waals surface area contributed by atoms with Gasteiger partial charge in [-0.25, -0.2) is 9.78 Å². The molecule has 6 nitrogen and oxygen atoms in total. The molecule has 130 valence electrons. The first-order chi connectivity index (χ1) is 11.0. The molecule has 0 bridgehead atoms. The third-order valence-electron chi connectivity index (χ3n) is 2.87. The Kier molecular flexibility index (Phi) is 7.67. The Morgan fingerprint density at radius 1 is 1.42 bits per heavy atom. The fourth-order valence-corrected chi connectivity index (χ4v) is 2.23. The SMILES string of the molecule is C.CCOC(=O)c1cnc(=S)[nH]c1OCc1ccc(OC)c(Cl)c1. The first kappa shape index (κ1) is 19.9. The molecule has 1 N–H and O–H groups in total. The second kappa shape index (κ2) is 9.24. The molecule has 1 heterocycles. The molecule has 2 rings (SSSR count). The molecule has 24 heavy (non-hydrogen) atoms. The molecular formula is C16H19ClN2O4S. The van der Waals surface area contributed by atoms with Crippen LogP contribution in [0.3, 0.4) is 0 Å². The Hall–Kier alpha value is -2.12. The summed E-state index contributed by atoms with van der Waals surface area (Å²) in [5.74, 6) is 0.246. The van der Waals surface area contributed by atoms with Crippen LogP contribution in [0.5, 0.6) is 11.6 Å². The Bertz CT molecular complexity index is 764. The van der Waals surface area contributed by atoms with Crippen molar-refractivity contribution >= 4 is 29.8 Å². The number of carbonyl (C=O) groups is 1. The Morgan fingerprint density at radius 3 is 2.79 bits per heavy atom. The first-order valence-electron chi connectivity index (χ1n) is 6.76. The quantitative estimate of drug-likeness (QED) is 0.607. The molecule has 0 fully saturated rings. The van der Waals surface area contributed by atoms with Gasteiger partial charge in [0, 0.05) is 0 Å². The molecule has 0 saturated heterocycles. The lowest BCUT2D eigenvalue weighted by Gasteiger charge is -2.11. The lowest BCUT2D eigenvalue weighted by Crippen LogP contribution is -2.10. The summed E-state index contributed by atoms with van der Waals surface area (Å²) < 4.78 is 15.9. The number of hydrogen-bond acceptors (Lipinski definition) is 6. The van der Waals surface area contributed by atoms with Gasteiger partial charge < -0.3 is 19.2 Å². The van der Waals surface area contributed by atoms with E-state index in [9.17, 15) is 4.79 Å². The highest BCUT2D eigenvalue weighted by Crippen LogP contribution is 2.25. The Morgan fingerprint density at radius 2 is 2.17 bits per heavy atom. The fraction of sp³-hybridized carbons (Fsp3) is 0.312. The number of H-pyrrole nitrogens is 1. The molecule has 2 aromatic rings. The van der Waals surface area contributed by atoms with E-state index in [1.165, 1.54) is 6.20 Å². The molecular weight excluding hydrogens is 352 g/mol. The summed E-state index contributed by atoms with van der Waals surface area (Å²) in [4.78, 5) is 18.5. The van der Waals surface area contributed by atoms with Crippen LogP contribution >= 0.6 is 23.8 Å². The lowest BCUT2D eigenvalue weighted by atomic mass is 10.2. The summed E-state index contributed by atoms with van der Waals surface area (Å²) in [6.45, 7) is 2.16. The number of aromatic nitrogens is 2. The zero-order chi connectivity index (χ0) is 16.8. The van der Waals surface area contributed by atoms with Gasteiger partial charge in [-0.2, -0.15) is 0 Å². The summed E-state index contributed by atoms with van der Waals surface area (Å²) in [5.41, 5.74) is 0.988. The fourth-order valence-electron chi connectivity index (χ4n) is 1.80. The molecule has 1 aromatic heterocycles. The van der Waals surface area contributed by atoms with E-state index in [4.69, 9.17) is 38.0 Å². The number of ether oxygens (including phenoxy) is 3. The number of benzene rings is 1. The van der Waals surface area contributed by atoms with Crippen molar-refractivity contribution in [3.05, 3.63) is 45.3 Å². The van der Waals surface area contributed by atoms with E-state index in [0.717, 1.165) is 5.56 Å². The molecule has 0 atom stereocenters. The van der Waals surface area contributed by atoms with Crippen molar-refractivity contribution < 1.29 is 19.0 Å². The average molecular weight is 371 g/mol. The van der Waals surface area contributed by atoms with Gasteiger partial charge in [0.2, 0.25) is 5.88 Å². The summed E-state index contributed by atoms with van der Waals surface area (Å²) in [7, 11) is 1.54. The largest absolute Gasteiger partial charge is 0.495 e. The molecule has 1 aromatic carbocycles. The molecule has 0 aliphatic carbocycles. The zero-order valence-electron chi connectivity index (χ0n) is 12.6. The second-order valence-corrected chi connectivity index (χ2v) is 5.20. The number of nitrogens with zero attached hydrogens (tertiary/aromatic N) is 1. The van der Waals surface area contributed by atoms with Crippen molar-refractivity contribution in [3.8, 4) is 11.6 Å². The van der Waals surface area contributed by atoms with Crippen LogP contribution in [0.4, 0.5) is 0 Å². The van der Waals surface area contributed by atoms with Gasteiger partial charge in [-0.15, -0.1) is 0 Å². The monoisotopic (exact) mass is 370 g/mol. The maximum atomic E-state index is 11.9. The highest BCUT2D eigenvalue weighted by molar-refractivity contribution is 7.71. The van der Waals surface area contributed by atoms with Crippen LogP contribution in [0.1, 0.15) is 30.3 Å². The number of hydrogen-bond donors (Lipinski definition) is 1. The van der Waals surface area contributed by atoms with E-state index in [1.54, 1.807) is 26.2 Å². The summed E-state index contributed by atoms with van der Waals surface area (Å²) >= 11 is 11.0. The Balaban J connectivity index is 0.00000288. The van der Waals surface area contributed by atoms with Crippen LogP contribution in [0.15, 0.2) is 24.4 Å². The number of halogens is 1. The number of carbonyl (C=O) groups excluding carboxylic acids is 1. The first-order valence-corrected chi connectivity index (χ1v) is 7.55. The standard InChI is InChI=1S/C15H15ClN2O4S.CH4/c1-3-21-14(19)10-7-17-15(23)18-13(10)22-8-9-4-5-12(20-2)11(16)6-9;/h4-7H,3,8H2,1-2H3,(H,17,18,23);1H4.